The molecule has 0 saturated heterocycles. The summed E-state index contributed by atoms with van der Waals surface area (Å²) in [6, 6.07) is 8.20. The number of methoxy groups -OCH3 is 1. The van der Waals surface area contributed by atoms with Crippen molar-refractivity contribution in [3.05, 3.63) is 46.1 Å². The van der Waals surface area contributed by atoms with E-state index < -0.39 is 11.7 Å². The largest absolute Gasteiger partial charge is 0.496 e. The van der Waals surface area contributed by atoms with E-state index in [-0.39, 0.29) is 10.3 Å². The number of nitrogens with zero attached hydrogens (tertiary/aromatic N) is 1. The predicted octanol–water partition coefficient (Wildman–Crippen LogP) is 4.31. The van der Waals surface area contributed by atoms with Crippen molar-refractivity contribution in [2.24, 2.45) is 0 Å². The Morgan fingerprint density at radius 3 is 2.52 bits per heavy atom. The number of aromatic nitrogens is 1. The van der Waals surface area contributed by atoms with E-state index in [4.69, 9.17) is 22.2 Å². The van der Waals surface area contributed by atoms with Gasteiger partial charge in [-0.05, 0) is 30.3 Å². The number of rotatable bonds is 2. The van der Waals surface area contributed by atoms with Gasteiger partial charge in [0.2, 0.25) is 0 Å². The molecule has 0 radical (unpaired) electrons. The van der Waals surface area contributed by atoms with Gasteiger partial charge in [-0.25, -0.2) is 0 Å². The number of hydrogen-bond donors (Lipinski definition) is 1. The maximum Gasteiger partial charge on any atom is 0.416 e. The molecular formula is C14H9F3N2OS. The smallest absolute Gasteiger partial charge is 0.416 e. The number of pyridine rings is 1. The van der Waals surface area contributed by atoms with E-state index in [2.05, 4.69) is 4.98 Å². The van der Waals surface area contributed by atoms with Crippen LogP contribution in [0.25, 0.3) is 11.3 Å². The third-order valence-electron chi connectivity index (χ3n) is 2.79. The minimum atomic E-state index is -4.50. The van der Waals surface area contributed by atoms with E-state index in [9.17, 15) is 13.2 Å². The summed E-state index contributed by atoms with van der Waals surface area (Å²) in [7, 11) is 1.40. The molecule has 2 rings (SSSR count). The van der Waals surface area contributed by atoms with Gasteiger partial charge in [0.05, 0.1) is 30.0 Å². The van der Waals surface area contributed by atoms with Crippen molar-refractivity contribution in [3.63, 3.8) is 0 Å². The van der Waals surface area contributed by atoms with Gasteiger partial charge in [-0.2, -0.15) is 18.4 Å². The molecule has 0 aliphatic carbocycles. The minimum Gasteiger partial charge on any atom is -0.496 e. The molecule has 0 unspecified atom stereocenters. The molecule has 2 aromatic rings. The topological polar surface area (TPSA) is 48.8 Å². The first kappa shape index (κ1) is 15.1. The number of nitrogens with one attached hydrogen (secondary N) is 1. The normalized spacial score (nSPS) is 11.0. The number of H-pyrrole nitrogens is 1. The Bertz CT molecular complexity index is 775. The first-order valence-electron chi connectivity index (χ1n) is 5.75. The molecule has 0 aliphatic rings. The molecule has 1 heterocycles. The van der Waals surface area contributed by atoms with Gasteiger partial charge >= 0.3 is 6.18 Å². The van der Waals surface area contributed by atoms with Crippen LogP contribution in [0.1, 0.15) is 11.1 Å². The first-order chi connectivity index (χ1) is 9.85. The highest BCUT2D eigenvalue weighted by Crippen LogP contribution is 2.34. The molecule has 0 amide bonds. The van der Waals surface area contributed by atoms with E-state index in [0.29, 0.717) is 16.9 Å². The van der Waals surface area contributed by atoms with Crippen LogP contribution in [-0.4, -0.2) is 12.1 Å². The van der Waals surface area contributed by atoms with Crippen LogP contribution in [0.15, 0.2) is 30.3 Å². The second-order valence-corrected chi connectivity index (χ2v) is 4.61. The standard InChI is InChI=1S/C14H9F3N2OS/c1-20-12-3-2-8(7-18)4-10(12)11-5-9(14(15,16)17)6-13(21)19-11/h2-6H,1H3,(H,19,21). The van der Waals surface area contributed by atoms with Crippen molar-refractivity contribution in [1.29, 1.82) is 5.26 Å². The molecule has 1 N–H and O–H groups in total. The van der Waals surface area contributed by atoms with Gasteiger partial charge in [-0.15, -0.1) is 0 Å². The number of halogens is 3. The summed E-state index contributed by atoms with van der Waals surface area (Å²) >= 11 is 4.84. The van der Waals surface area contributed by atoms with Crippen molar-refractivity contribution in [1.82, 2.24) is 4.98 Å². The molecule has 0 fully saturated rings. The Hall–Kier alpha value is -2.33. The van der Waals surface area contributed by atoms with E-state index in [1.807, 2.05) is 6.07 Å². The molecule has 21 heavy (non-hydrogen) atoms. The highest BCUT2D eigenvalue weighted by atomic mass is 32.1. The van der Waals surface area contributed by atoms with E-state index >= 15 is 0 Å². The Labute approximate surface area is 123 Å². The summed E-state index contributed by atoms with van der Waals surface area (Å²) in [5.74, 6) is 0.346. The van der Waals surface area contributed by atoms with Crippen LogP contribution >= 0.6 is 12.2 Å². The number of aromatic amines is 1. The van der Waals surface area contributed by atoms with Crippen molar-refractivity contribution in [3.8, 4) is 23.1 Å². The summed E-state index contributed by atoms with van der Waals surface area (Å²) in [6.45, 7) is 0. The number of hydrogen-bond acceptors (Lipinski definition) is 3. The zero-order valence-corrected chi connectivity index (χ0v) is 11.6. The summed E-state index contributed by atoms with van der Waals surface area (Å²) in [5, 5.41) is 8.91. The molecule has 0 bridgehead atoms. The lowest BCUT2D eigenvalue weighted by Crippen LogP contribution is -2.06. The van der Waals surface area contributed by atoms with Crippen molar-refractivity contribution in [2.75, 3.05) is 7.11 Å². The van der Waals surface area contributed by atoms with Gasteiger partial charge < -0.3 is 9.72 Å². The van der Waals surface area contributed by atoms with Crippen LogP contribution in [0, 0.1) is 16.0 Å². The molecule has 1 aromatic carbocycles. The highest BCUT2D eigenvalue weighted by Gasteiger charge is 2.31. The third kappa shape index (κ3) is 3.23. The lowest BCUT2D eigenvalue weighted by Gasteiger charge is -2.12. The fourth-order valence-electron chi connectivity index (χ4n) is 1.84. The van der Waals surface area contributed by atoms with Gasteiger partial charge in [-0.3, -0.25) is 0 Å². The molecule has 0 atom stereocenters. The van der Waals surface area contributed by atoms with Crippen LogP contribution in [0.3, 0.4) is 0 Å². The third-order valence-corrected chi connectivity index (χ3v) is 3.01. The second kappa shape index (κ2) is 5.58. The number of alkyl halides is 3. The number of benzene rings is 1. The van der Waals surface area contributed by atoms with Crippen LogP contribution in [0.4, 0.5) is 13.2 Å². The Kier molecular flexibility index (Phi) is 4.00. The molecule has 7 heteroatoms. The van der Waals surface area contributed by atoms with Gasteiger partial charge in [0.1, 0.15) is 10.4 Å². The number of nitriles is 1. The SMILES string of the molecule is COc1ccc(C#N)cc1-c1cc(C(F)(F)F)cc(=S)[nH]1. The van der Waals surface area contributed by atoms with Crippen LogP contribution in [0.5, 0.6) is 5.75 Å². The first-order valence-corrected chi connectivity index (χ1v) is 6.16. The van der Waals surface area contributed by atoms with E-state index in [1.54, 1.807) is 0 Å². The van der Waals surface area contributed by atoms with Gasteiger partial charge in [-0.1, -0.05) is 12.2 Å². The molecular weight excluding hydrogens is 301 g/mol. The molecule has 3 nitrogen and oxygen atoms in total. The summed E-state index contributed by atoms with van der Waals surface area (Å²) in [6.07, 6.45) is -4.50. The zero-order chi connectivity index (χ0) is 15.6. The molecule has 0 spiro atoms. The highest BCUT2D eigenvalue weighted by molar-refractivity contribution is 7.71. The average Bonchev–Trinajstić information content (AvgIpc) is 2.45. The quantitative estimate of drug-likeness (QED) is 0.841. The molecule has 0 aliphatic heterocycles. The van der Waals surface area contributed by atoms with Crippen LogP contribution in [-0.2, 0) is 6.18 Å². The lowest BCUT2D eigenvalue weighted by atomic mass is 10.0. The van der Waals surface area contributed by atoms with Gasteiger partial charge in [0.15, 0.2) is 0 Å². The van der Waals surface area contributed by atoms with Gasteiger partial charge in [0.25, 0.3) is 0 Å². The van der Waals surface area contributed by atoms with E-state index in [0.717, 1.165) is 12.1 Å². The lowest BCUT2D eigenvalue weighted by molar-refractivity contribution is -0.137. The monoisotopic (exact) mass is 310 g/mol. The van der Waals surface area contributed by atoms with Crippen LogP contribution in [0.2, 0.25) is 0 Å². The predicted molar refractivity (Wildman–Crippen MR) is 73.3 cm³/mol. The molecule has 108 valence electrons. The fraction of sp³-hybridized carbons (Fsp3) is 0.143. The average molecular weight is 310 g/mol. The van der Waals surface area contributed by atoms with Crippen molar-refractivity contribution in [2.45, 2.75) is 6.18 Å². The van der Waals surface area contributed by atoms with Crippen molar-refractivity contribution < 1.29 is 17.9 Å². The minimum absolute atomic E-state index is 0.0516. The molecule has 0 saturated carbocycles. The Morgan fingerprint density at radius 1 is 1.24 bits per heavy atom. The second-order valence-electron chi connectivity index (χ2n) is 4.17. The number of ether oxygens (including phenoxy) is 1. The summed E-state index contributed by atoms with van der Waals surface area (Å²) < 4.78 is 43.6. The maximum absolute atomic E-state index is 12.8. The Morgan fingerprint density at radius 2 is 1.95 bits per heavy atom. The maximum atomic E-state index is 12.8. The van der Waals surface area contributed by atoms with E-state index in [1.165, 1.54) is 25.3 Å². The summed E-state index contributed by atoms with van der Waals surface area (Å²) in [4.78, 5) is 2.69. The molecule has 1 aromatic heterocycles. The van der Waals surface area contributed by atoms with Crippen molar-refractivity contribution >= 4 is 12.2 Å². The van der Waals surface area contributed by atoms with Crippen LogP contribution < -0.4 is 4.74 Å². The zero-order valence-electron chi connectivity index (χ0n) is 10.8. The Balaban J connectivity index is 2.70. The van der Waals surface area contributed by atoms with Gasteiger partial charge in [0, 0.05) is 5.56 Å². The fourth-order valence-corrected chi connectivity index (χ4v) is 2.08. The summed E-state index contributed by atoms with van der Waals surface area (Å²) in [5.41, 5.74) is -0.0641.